The van der Waals surface area contributed by atoms with Crippen LogP contribution in [0, 0.1) is 0 Å². The van der Waals surface area contributed by atoms with Crippen molar-refractivity contribution in [2.24, 2.45) is 5.10 Å². The first-order valence-electron chi connectivity index (χ1n) is 6.09. The molecule has 4 nitrogen and oxygen atoms in total. The van der Waals surface area contributed by atoms with Gasteiger partial charge in [-0.1, -0.05) is 56.1 Å². The van der Waals surface area contributed by atoms with E-state index >= 15 is 0 Å². The maximum Gasteiger partial charge on any atom is 0.218 e. The van der Waals surface area contributed by atoms with Crippen LogP contribution >= 0.6 is 31.9 Å². The minimum absolute atomic E-state index is 0.685. The quantitative estimate of drug-likeness (QED) is 0.359. The standard InChI is InChI=1S/C14H16Br2N2O2/c1-19-13(20-2)10-6-9-12(14(13,15)16)18-17-11-7-4-3-5-8-11/h3-8,10,17H,9H2,1-2H3. The third-order valence-electron chi connectivity index (χ3n) is 3.15. The van der Waals surface area contributed by atoms with Crippen LogP contribution in [0.3, 0.4) is 0 Å². The molecule has 20 heavy (non-hydrogen) atoms. The first-order valence-corrected chi connectivity index (χ1v) is 7.68. The van der Waals surface area contributed by atoms with Gasteiger partial charge in [-0.05, 0) is 18.2 Å². The van der Waals surface area contributed by atoms with Gasteiger partial charge < -0.3 is 9.47 Å². The lowest BCUT2D eigenvalue weighted by Gasteiger charge is -2.41. The number of halogens is 2. The molecule has 0 spiro atoms. The highest BCUT2D eigenvalue weighted by Gasteiger charge is 2.53. The van der Waals surface area contributed by atoms with Gasteiger partial charge in [0, 0.05) is 20.6 Å². The monoisotopic (exact) mass is 402 g/mol. The van der Waals surface area contributed by atoms with Crippen LogP contribution in [0.4, 0.5) is 5.69 Å². The highest BCUT2D eigenvalue weighted by Crippen LogP contribution is 2.46. The fourth-order valence-electron chi connectivity index (χ4n) is 2.00. The summed E-state index contributed by atoms with van der Waals surface area (Å²) in [6.45, 7) is 0. The molecule has 0 aliphatic heterocycles. The number of methoxy groups -OCH3 is 2. The summed E-state index contributed by atoms with van der Waals surface area (Å²) in [6, 6.07) is 9.77. The molecule has 1 aromatic rings. The Labute approximate surface area is 135 Å². The zero-order valence-corrected chi connectivity index (χ0v) is 14.4. The van der Waals surface area contributed by atoms with Gasteiger partial charge in [0.2, 0.25) is 5.79 Å². The third-order valence-corrected chi connectivity index (χ3v) is 5.17. The molecule has 0 amide bonds. The topological polar surface area (TPSA) is 42.9 Å². The molecule has 0 unspecified atom stereocenters. The molecule has 1 aliphatic rings. The number of benzene rings is 1. The van der Waals surface area contributed by atoms with E-state index in [9.17, 15) is 0 Å². The summed E-state index contributed by atoms with van der Waals surface area (Å²) in [4.78, 5) is 0. The number of anilines is 1. The van der Waals surface area contributed by atoms with E-state index in [1.165, 1.54) is 0 Å². The van der Waals surface area contributed by atoms with Crippen LogP contribution in [0.15, 0.2) is 47.6 Å². The number of allylic oxidation sites excluding steroid dienone is 1. The smallest absolute Gasteiger partial charge is 0.218 e. The maximum atomic E-state index is 5.51. The van der Waals surface area contributed by atoms with Crippen molar-refractivity contribution in [2.45, 2.75) is 15.4 Å². The first-order chi connectivity index (χ1) is 9.55. The number of nitrogens with zero attached hydrogens (tertiary/aromatic N) is 1. The Hall–Kier alpha value is -0.690. The first kappa shape index (κ1) is 15.7. The van der Waals surface area contributed by atoms with E-state index in [0.717, 1.165) is 11.4 Å². The van der Waals surface area contributed by atoms with E-state index in [1.54, 1.807) is 14.2 Å². The van der Waals surface area contributed by atoms with Crippen LogP contribution < -0.4 is 5.43 Å². The van der Waals surface area contributed by atoms with Crippen molar-refractivity contribution in [2.75, 3.05) is 19.6 Å². The van der Waals surface area contributed by atoms with Crippen LogP contribution in [-0.4, -0.2) is 29.0 Å². The molecule has 0 saturated carbocycles. The second-order valence-corrected chi connectivity index (χ2v) is 7.74. The molecule has 0 saturated heterocycles. The van der Waals surface area contributed by atoms with Crippen molar-refractivity contribution in [3.63, 3.8) is 0 Å². The van der Waals surface area contributed by atoms with Crippen LogP contribution in [0.5, 0.6) is 0 Å². The van der Waals surface area contributed by atoms with E-state index in [0.29, 0.717) is 6.42 Å². The molecule has 1 aliphatic carbocycles. The van der Waals surface area contributed by atoms with Gasteiger partial charge >= 0.3 is 0 Å². The summed E-state index contributed by atoms with van der Waals surface area (Å²) in [5, 5.41) is 4.46. The van der Waals surface area contributed by atoms with Crippen molar-refractivity contribution < 1.29 is 9.47 Å². The zero-order chi connectivity index (χ0) is 14.6. The highest BCUT2D eigenvalue weighted by molar-refractivity contribution is 9.26. The van der Waals surface area contributed by atoms with Crippen molar-refractivity contribution in [3.8, 4) is 0 Å². The van der Waals surface area contributed by atoms with E-state index in [4.69, 9.17) is 9.47 Å². The minimum atomic E-state index is -0.942. The highest BCUT2D eigenvalue weighted by atomic mass is 79.9. The Balaban J connectivity index is 2.26. The second-order valence-electron chi connectivity index (χ2n) is 4.29. The normalized spacial score (nSPS) is 21.9. The van der Waals surface area contributed by atoms with Crippen molar-refractivity contribution in [3.05, 3.63) is 42.5 Å². The number of rotatable bonds is 4. The number of hydrazone groups is 1. The van der Waals surface area contributed by atoms with Gasteiger partial charge in [-0.3, -0.25) is 5.43 Å². The third kappa shape index (κ3) is 2.83. The van der Waals surface area contributed by atoms with Crippen molar-refractivity contribution in [1.29, 1.82) is 0 Å². The lowest BCUT2D eigenvalue weighted by molar-refractivity contribution is -0.165. The summed E-state index contributed by atoms with van der Waals surface area (Å²) in [6.07, 6.45) is 4.53. The van der Waals surface area contributed by atoms with Gasteiger partial charge in [-0.2, -0.15) is 5.10 Å². The van der Waals surface area contributed by atoms with Gasteiger partial charge in [0.1, 0.15) is 0 Å². The molecule has 2 rings (SSSR count). The minimum Gasteiger partial charge on any atom is -0.348 e. The fourth-order valence-corrected chi connectivity index (χ4v) is 3.41. The second kappa shape index (κ2) is 6.39. The molecule has 6 heteroatoms. The van der Waals surface area contributed by atoms with Gasteiger partial charge in [-0.15, -0.1) is 0 Å². The Kier molecular flexibility index (Phi) is 5.01. The number of alkyl halides is 2. The summed E-state index contributed by atoms with van der Waals surface area (Å²) < 4.78 is 10.3. The molecule has 0 bridgehead atoms. The van der Waals surface area contributed by atoms with Gasteiger partial charge in [0.15, 0.2) is 3.23 Å². The Bertz CT molecular complexity index is 511. The van der Waals surface area contributed by atoms with E-state index in [2.05, 4.69) is 42.4 Å². The van der Waals surface area contributed by atoms with Gasteiger partial charge in [0.25, 0.3) is 0 Å². The van der Waals surface area contributed by atoms with Gasteiger partial charge in [0.05, 0.1) is 11.4 Å². The van der Waals surface area contributed by atoms with E-state index in [-0.39, 0.29) is 0 Å². The number of para-hydroxylation sites is 1. The average molecular weight is 404 g/mol. The largest absolute Gasteiger partial charge is 0.348 e. The SMILES string of the molecule is COC1(OC)C=CCC(=NNc2ccccc2)C1(Br)Br. The van der Waals surface area contributed by atoms with Crippen LogP contribution in [-0.2, 0) is 9.47 Å². The van der Waals surface area contributed by atoms with Crippen LogP contribution in [0.2, 0.25) is 0 Å². The fraction of sp³-hybridized carbons (Fsp3) is 0.357. The summed E-state index contributed by atoms with van der Waals surface area (Å²) in [5.74, 6) is -0.942. The predicted octanol–water partition coefficient (Wildman–Crippen LogP) is 3.89. The predicted molar refractivity (Wildman–Crippen MR) is 88.6 cm³/mol. The molecule has 0 radical (unpaired) electrons. The number of nitrogens with one attached hydrogen (secondary N) is 1. The Morgan fingerprint density at radius 3 is 2.40 bits per heavy atom. The van der Waals surface area contributed by atoms with Crippen LogP contribution in [0.1, 0.15) is 6.42 Å². The maximum absolute atomic E-state index is 5.51. The summed E-state index contributed by atoms with van der Waals surface area (Å²) in [5.41, 5.74) is 4.79. The molecule has 0 atom stereocenters. The number of hydrogen-bond acceptors (Lipinski definition) is 4. The number of ether oxygens (including phenoxy) is 2. The van der Waals surface area contributed by atoms with E-state index in [1.807, 2.05) is 42.5 Å². The zero-order valence-electron chi connectivity index (χ0n) is 11.3. The Morgan fingerprint density at radius 2 is 1.80 bits per heavy atom. The molecular formula is C14H16Br2N2O2. The summed E-state index contributed by atoms with van der Waals surface area (Å²) >= 11 is 7.24. The molecular weight excluding hydrogens is 388 g/mol. The average Bonchev–Trinajstić information content (AvgIpc) is 2.47. The Morgan fingerprint density at radius 1 is 1.15 bits per heavy atom. The molecule has 1 N–H and O–H groups in total. The molecule has 0 fully saturated rings. The summed E-state index contributed by atoms with van der Waals surface area (Å²) in [7, 11) is 3.19. The number of hydrogen-bond donors (Lipinski definition) is 1. The molecule has 108 valence electrons. The molecule has 0 aromatic heterocycles. The van der Waals surface area contributed by atoms with Crippen LogP contribution in [0.25, 0.3) is 0 Å². The molecule has 0 heterocycles. The van der Waals surface area contributed by atoms with Crippen molar-refractivity contribution >= 4 is 43.3 Å². The lowest BCUT2D eigenvalue weighted by Crippen LogP contribution is -2.54. The van der Waals surface area contributed by atoms with Crippen molar-refractivity contribution in [1.82, 2.24) is 0 Å². The van der Waals surface area contributed by atoms with Gasteiger partial charge in [-0.25, -0.2) is 0 Å². The lowest BCUT2D eigenvalue weighted by atomic mass is 9.99. The molecule has 1 aromatic carbocycles. The van der Waals surface area contributed by atoms with E-state index < -0.39 is 9.02 Å².